The standard InChI is InChI=1S/C23H24F4N2O5/c1-13(30)18-5-4-14(11-28-18)16(22-17(24)8-15(32-2)9-19(22)33-3)10-21(31)29-6-7-34-20(12-29)23(25,26)27/h4-5,8-9,11,16,20H,6-7,10,12H2,1-3H3. The number of aromatic nitrogens is 1. The van der Waals surface area contributed by atoms with Crippen molar-refractivity contribution in [1.82, 2.24) is 9.88 Å². The van der Waals surface area contributed by atoms with Crippen LogP contribution in [0.25, 0.3) is 0 Å². The van der Waals surface area contributed by atoms with Crippen LogP contribution in [0.5, 0.6) is 11.5 Å². The predicted molar refractivity (Wildman–Crippen MR) is 113 cm³/mol. The van der Waals surface area contributed by atoms with Crippen molar-refractivity contribution in [3.63, 3.8) is 0 Å². The highest BCUT2D eigenvalue weighted by Gasteiger charge is 2.44. The van der Waals surface area contributed by atoms with Crippen molar-refractivity contribution >= 4 is 11.7 Å². The number of methoxy groups -OCH3 is 2. The first-order valence-electron chi connectivity index (χ1n) is 10.4. The fraction of sp³-hybridized carbons (Fsp3) is 0.435. The molecular weight excluding hydrogens is 460 g/mol. The second kappa shape index (κ2) is 10.4. The Bertz CT molecular complexity index is 1040. The molecule has 1 aromatic carbocycles. The van der Waals surface area contributed by atoms with Gasteiger partial charge >= 0.3 is 6.18 Å². The molecule has 1 aromatic heterocycles. The van der Waals surface area contributed by atoms with Crippen molar-refractivity contribution in [2.24, 2.45) is 0 Å². The molecule has 1 fully saturated rings. The van der Waals surface area contributed by atoms with E-state index in [0.717, 1.165) is 11.0 Å². The molecule has 0 saturated carbocycles. The van der Waals surface area contributed by atoms with Crippen molar-refractivity contribution < 1.29 is 41.4 Å². The van der Waals surface area contributed by atoms with E-state index < -0.39 is 36.5 Å². The number of rotatable bonds is 7. The average molecular weight is 484 g/mol. The number of hydrogen-bond donors (Lipinski definition) is 0. The van der Waals surface area contributed by atoms with Gasteiger partial charge in [0.2, 0.25) is 5.91 Å². The zero-order chi connectivity index (χ0) is 25.0. The second-order valence-electron chi connectivity index (χ2n) is 7.76. The van der Waals surface area contributed by atoms with Gasteiger partial charge in [-0.05, 0) is 11.6 Å². The first-order valence-corrected chi connectivity index (χ1v) is 10.4. The monoisotopic (exact) mass is 484 g/mol. The lowest BCUT2D eigenvalue weighted by molar-refractivity contribution is -0.236. The Labute approximate surface area is 193 Å². The van der Waals surface area contributed by atoms with E-state index in [0.29, 0.717) is 5.56 Å². The molecule has 1 saturated heterocycles. The summed E-state index contributed by atoms with van der Waals surface area (Å²) in [5, 5.41) is 0. The molecule has 184 valence electrons. The molecule has 0 bridgehead atoms. The summed E-state index contributed by atoms with van der Waals surface area (Å²) in [6, 6.07) is 5.54. The van der Waals surface area contributed by atoms with Gasteiger partial charge in [-0.1, -0.05) is 6.07 Å². The van der Waals surface area contributed by atoms with Gasteiger partial charge in [0, 0.05) is 49.7 Å². The van der Waals surface area contributed by atoms with E-state index >= 15 is 4.39 Å². The molecule has 34 heavy (non-hydrogen) atoms. The minimum atomic E-state index is -4.61. The summed E-state index contributed by atoms with van der Waals surface area (Å²) in [5.41, 5.74) is 0.591. The molecule has 0 radical (unpaired) electrons. The van der Waals surface area contributed by atoms with Gasteiger partial charge in [-0.2, -0.15) is 13.2 Å². The lowest BCUT2D eigenvalue weighted by atomic mass is 9.87. The molecule has 0 N–H and O–H groups in total. The number of halogens is 4. The van der Waals surface area contributed by atoms with Gasteiger partial charge in [-0.25, -0.2) is 4.39 Å². The number of ketones is 1. The summed E-state index contributed by atoms with van der Waals surface area (Å²) in [6.45, 7) is 0.390. The van der Waals surface area contributed by atoms with Crippen LogP contribution in [0.2, 0.25) is 0 Å². The summed E-state index contributed by atoms with van der Waals surface area (Å²) in [7, 11) is 2.68. The first-order chi connectivity index (χ1) is 16.0. The number of morpholine rings is 1. The summed E-state index contributed by atoms with van der Waals surface area (Å²) in [4.78, 5) is 29.8. The van der Waals surface area contributed by atoms with Crippen molar-refractivity contribution in [3.05, 3.63) is 53.1 Å². The first kappa shape index (κ1) is 25.4. The molecule has 2 aromatic rings. The van der Waals surface area contributed by atoms with Crippen molar-refractivity contribution in [2.75, 3.05) is 33.9 Å². The molecule has 2 unspecified atom stereocenters. The summed E-state index contributed by atoms with van der Waals surface area (Å²) >= 11 is 0. The third kappa shape index (κ3) is 5.64. The zero-order valence-electron chi connectivity index (χ0n) is 18.8. The molecule has 11 heteroatoms. The second-order valence-corrected chi connectivity index (χ2v) is 7.76. The normalized spacial score (nSPS) is 17.3. The maximum Gasteiger partial charge on any atom is 0.416 e. The Hall–Kier alpha value is -3.21. The highest BCUT2D eigenvalue weighted by atomic mass is 19.4. The smallest absolute Gasteiger partial charge is 0.416 e. The minimum Gasteiger partial charge on any atom is -0.497 e. The van der Waals surface area contributed by atoms with Crippen LogP contribution < -0.4 is 9.47 Å². The Morgan fingerprint density at radius 1 is 1.24 bits per heavy atom. The van der Waals surface area contributed by atoms with Gasteiger partial charge < -0.3 is 19.1 Å². The Kier molecular flexibility index (Phi) is 7.75. The van der Waals surface area contributed by atoms with Crippen LogP contribution in [0.1, 0.15) is 40.9 Å². The third-order valence-electron chi connectivity index (χ3n) is 5.58. The van der Waals surface area contributed by atoms with E-state index in [9.17, 15) is 22.8 Å². The number of alkyl halides is 3. The summed E-state index contributed by atoms with van der Waals surface area (Å²) in [5.74, 6) is -2.28. The zero-order valence-corrected chi connectivity index (χ0v) is 18.8. The average Bonchev–Trinajstić information content (AvgIpc) is 2.81. The predicted octanol–water partition coefficient (Wildman–Crippen LogP) is 3.75. The number of pyridine rings is 1. The van der Waals surface area contributed by atoms with Crippen LogP contribution in [0.4, 0.5) is 17.6 Å². The molecule has 0 spiro atoms. The van der Waals surface area contributed by atoms with E-state index in [1.807, 2.05) is 0 Å². The number of carbonyl (C=O) groups excluding carboxylic acids is 2. The summed E-state index contributed by atoms with van der Waals surface area (Å²) in [6.07, 6.45) is -5.72. The molecule has 7 nitrogen and oxygen atoms in total. The van der Waals surface area contributed by atoms with Gasteiger partial charge in [0.1, 0.15) is 23.0 Å². The molecule has 2 atom stereocenters. The largest absolute Gasteiger partial charge is 0.497 e. The molecular formula is C23H24F4N2O5. The van der Waals surface area contributed by atoms with Gasteiger partial charge in [0.15, 0.2) is 11.9 Å². The number of Topliss-reactive ketones (excluding diaryl/α,β-unsaturated/α-hetero) is 1. The third-order valence-corrected chi connectivity index (χ3v) is 5.58. The van der Waals surface area contributed by atoms with Crippen LogP contribution in [-0.4, -0.2) is 67.8 Å². The van der Waals surface area contributed by atoms with Gasteiger partial charge in [0.25, 0.3) is 0 Å². The fourth-order valence-electron chi connectivity index (χ4n) is 3.78. The number of benzene rings is 1. The molecule has 1 amide bonds. The highest BCUT2D eigenvalue weighted by Crippen LogP contribution is 2.39. The van der Waals surface area contributed by atoms with Crippen molar-refractivity contribution in [1.29, 1.82) is 0 Å². The van der Waals surface area contributed by atoms with E-state index in [1.165, 1.54) is 45.5 Å². The Morgan fingerprint density at radius 2 is 1.97 bits per heavy atom. The number of ether oxygens (including phenoxy) is 3. The van der Waals surface area contributed by atoms with Crippen LogP contribution in [0.15, 0.2) is 30.5 Å². The van der Waals surface area contributed by atoms with E-state index in [-0.39, 0.29) is 48.1 Å². The number of hydrogen-bond acceptors (Lipinski definition) is 6. The Morgan fingerprint density at radius 3 is 2.53 bits per heavy atom. The van der Waals surface area contributed by atoms with Crippen molar-refractivity contribution in [3.8, 4) is 11.5 Å². The van der Waals surface area contributed by atoms with Crippen LogP contribution in [0.3, 0.4) is 0 Å². The van der Waals surface area contributed by atoms with Crippen LogP contribution in [-0.2, 0) is 9.53 Å². The SMILES string of the molecule is COc1cc(F)c(C(CC(=O)N2CCOC(C(F)(F)F)C2)c2ccc(C(C)=O)nc2)c(OC)c1. The maximum absolute atomic E-state index is 15.2. The molecule has 0 aliphatic carbocycles. The number of nitrogens with zero attached hydrogens (tertiary/aromatic N) is 2. The topological polar surface area (TPSA) is 78.0 Å². The van der Waals surface area contributed by atoms with Crippen LogP contribution >= 0.6 is 0 Å². The van der Waals surface area contributed by atoms with Gasteiger partial charge in [0.05, 0.1) is 27.4 Å². The molecule has 2 heterocycles. The van der Waals surface area contributed by atoms with E-state index in [4.69, 9.17) is 14.2 Å². The number of amides is 1. The molecule has 3 rings (SSSR count). The minimum absolute atomic E-state index is 0.0228. The Balaban J connectivity index is 1.99. The quantitative estimate of drug-likeness (QED) is 0.440. The number of carbonyl (C=O) groups is 2. The van der Waals surface area contributed by atoms with Crippen molar-refractivity contribution in [2.45, 2.75) is 31.5 Å². The highest BCUT2D eigenvalue weighted by molar-refractivity contribution is 5.92. The van der Waals surface area contributed by atoms with Gasteiger partial charge in [-0.15, -0.1) is 0 Å². The molecule has 1 aliphatic heterocycles. The summed E-state index contributed by atoms with van der Waals surface area (Å²) < 4.78 is 69.7. The van der Waals surface area contributed by atoms with Crippen LogP contribution in [0, 0.1) is 5.82 Å². The maximum atomic E-state index is 15.2. The van der Waals surface area contributed by atoms with Gasteiger partial charge in [-0.3, -0.25) is 14.6 Å². The lowest BCUT2D eigenvalue weighted by Crippen LogP contribution is -2.51. The molecule has 1 aliphatic rings. The lowest BCUT2D eigenvalue weighted by Gasteiger charge is -2.34. The fourth-order valence-corrected chi connectivity index (χ4v) is 3.78. The van der Waals surface area contributed by atoms with E-state index in [1.54, 1.807) is 0 Å². The van der Waals surface area contributed by atoms with E-state index in [2.05, 4.69) is 4.98 Å².